The highest BCUT2D eigenvalue weighted by Crippen LogP contribution is 2.48. The molecule has 1 aliphatic carbocycles. The van der Waals surface area contributed by atoms with E-state index in [2.05, 4.69) is 10.6 Å². The summed E-state index contributed by atoms with van der Waals surface area (Å²) in [5.74, 6) is 0.734. The summed E-state index contributed by atoms with van der Waals surface area (Å²) in [7, 11) is 1.61. The molecule has 3 rings (SSSR count). The van der Waals surface area contributed by atoms with Gasteiger partial charge in [-0.25, -0.2) is 4.79 Å². The van der Waals surface area contributed by atoms with Gasteiger partial charge in [-0.3, -0.25) is 0 Å². The standard InChI is InChI=1S/C16H22N2O3/c1-20-13-4-2-3-12(11-13)17-15(19)18-14-5-6-16(14)7-9-21-10-8-16/h2-4,11,14H,5-10H2,1H3,(H2,17,18,19). The Kier molecular flexibility index (Phi) is 4.01. The Balaban J connectivity index is 1.56. The van der Waals surface area contributed by atoms with Crippen LogP contribution in [0.5, 0.6) is 5.75 Å². The van der Waals surface area contributed by atoms with E-state index in [0.717, 1.165) is 43.9 Å². The van der Waals surface area contributed by atoms with Gasteiger partial charge < -0.3 is 20.1 Å². The van der Waals surface area contributed by atoms with Crippen LogP contribution in [-0.4, -0.2) is 32.4 Å². The highest BCUT2D eigenvalue weighted by Gasteiger charge is 2.47. The first kappa shape index (κ1) is 14.2. The number of ether oxygens (including phenoxy) is 2. The Hall–Kier alpha value is -1.75. The van der Waals surface area contributed by atoms with Crippen LogP contribution in [0.25, 0.3) is 0 Å². The Morgan fingerprint density at radius 3 is 2.81 bits per heavy atom. The molecule has 1 spiro atoms. The van der Waals surface area contributed by atoms with Gasteiger partial charge in [-0.15, -0.1) is 0 Å². The van der Waals surface area contributed by atoms with Crippen molar-refractivity contribution in [3.05, 3.63) is 24.3 Å². The van der Waals surface area contributed by atoms with Crippen LogP contribution in [0.4, 0.5) is 10.5 Å². The zero-order chi connectivity index (χ0) is 14.7. The first-order valence-electron chi connectivity index (χ1n) is 7.51. The van der Waals surface area contributed by atoms with Gasteiger partial charge in [-0.05, 0) is 43.2 Å². The van der Waals surface area contributed by atoms with E-state index in [0.29, 0.717) is 0 Å². The van der Waals surface area contributed by atoms with Gasteiger partial charge in [0.2, 0.25) is 0 Å². The molecule has 114 valence electrons. The number of carbonyl (C=O) groups is 1. The van der Waals surface area contributed by atoms with Crippen molar-refractivity contribution in [2.75, 3.05) is 25.6 Å². The second-order valence-corrected chi connectivity index (χ2v) is 5.90. The van der Waals surface area contributed by atoms with E-state index in [1.54, 1.807) is 7.11 Å². The zero-order valence-electron chi connectivity index (χ0n) is 12.4. The average molecular weight is 290 g/mol. The van der Waals surface area contributed by atoms with E-state index in [9.17, 15) is 4.79 Å². The van der Waals surface area contributed by atoms with E-state index in [1.807, 2.05) is 24.3 Å². The predicted octanol–water partition coefficient (Wildman–Crippen LogP) is 2.78. The lowest BCUT2D eigenvalue weighted by molar-refractivity contribution is -0.0507. The Bertz CT molecular complexity index is 512. The largest absolute Gasteiger partial charge is 0.497 e. The fourth-order valence-electron chi connectivity index (χ4n) is 3.32. The van der Waals surface area contributed by atoms with Crippen LogP contribution < -0.4 is 15.4 Å². The summed E-state index contributed by atoms with van der Waals surface area (Å²) in [5.41, 5.74) is 1.01. The SMILES string of the molecule is COc1cccc(NC(=O)NC2CCC23CCOCC3)c1. The summed E-state index contributed by atoms with van der Waals surface area (Å²) in [5, 5.41) is 5.99. The molecule has 0 bridgehead atoms. The molecular formula is C16H22N2O3. The summed E-state index contributed by atoms with van der Waals surface area (Å²) in [4.78, 5) is 12.1. The van der Waals surface area contributed by atoms with Crippen LogP contribution in [-0.2, 0) is 4.74 Å². The molecule has 1 heterocycles. The minimum atomic E-state index is -0.140. The molecule has 2 N–H and O–H groups in total. The molecule has 21 heavy (non-hydrogen) atoms. The smallest absolute Gasteiger partial charge is 0.319 e. The average Bonchev–Trinajstić information content (AvgIpc) is 2.52. The monoisotopic (exact) mass is 290 g/mol. The van der Waals surface area contributed by atoms with E-state index in [-0.39, 0.29) is 17.5 Å². The predicted molar refractivity (Wildman–Crippen MR) is 80.7 cm³/mol. The molecule has 5 nitrogen and oxygen atoms in total. The molecule has 1 saturated carbocycles. The summed E-state index contributed by atoms with van der Waals surface area (Å²) in [6, 6.07) is 7.51. The molecule has 1 aromatic rings. The number of anilines is 1. The van der Waals surface area contributed by atoms with E-state index in [4.69, 9.17) is 9.47 Å². The lowest BCUT2D eigenvalue weighted by Gasteiger charge is -2.51. The number of rotatable bonds is 3. The highest BCUT2D eigenvalue weighted by atomic mass is 16.5. The van der Waals surface area contributed by atoms with Crippen molar-refractivity contribution >= 4 is 11.7 Å². The van der Waals surface area contributed by atoms with Crippen LogP contribution in [0.15, 0.2) is 24.3 Å². The number of carbonyl (C=O) groups excluding carboxylic acids is 1. The Morgan fingerprint density at radius 2 is 2.14 bits per heavy atom. The fourth-order valence-corrected chi connectivity index (χ4v) is 3.32. The van der Waals surface area contributed by atoms with Gasteiger partial charge in [-0.1, -0.05) is 6.07 Å². The minimum absolute atomic E-state index is 0.140. The number of hydrogen-bond donors (Lipinski definition) is 2. The van der Waals surface area contributed by atoms with Crippen LogP contribution in [0.1, 0.15) is 25.7 Å². The normalized spacial score (nSPS) is 23.2. The second kappa shape index (κ2) is 5.93. The van der Waals surface area contributed by atoms with Crippen LogP contribution in [0.3, 0.4) is 0 Å². The van der Waals surface area contributed by atoms with Crippen LogP contribution >= 0.6 is 0 Å². The van der Waals surface area contributed by atoms with Crippen molar-refractivity contribution in [1.29, 1.82) is 0 Å². The number of nitrogens with one attached hydrogen (secondary N) is 2. The number of hydrogen-bond acceptors (Lipinski definition) is 3. The van der Waals surface area contributed by atoms with Gasteiger partial charge in [0.15, 0.2) is 0 Å². The quantitative estimate of drug-likeness (QED) is 0.900. The number of amides is 2. The lowest BCUT2D eigenvalue weighted by Crippen LogP contribution is -2.57. The second-order valence-electron chi connectivity index (χ2n) is 5.90. The number of methoxy groups -OCH3 is 1. The van der Waals surface area contributed by atoms with Crippen molar-refractivity contribution in [3.8, 4) is 5.75 Å². The van der Waals surface area contributed by atoms with Crippen molar-refractivity contribution in [2.45, 2.75) is 31.7 Å². The number of benzene rings is 1. The molecular weight excluding hydrogens is 268 g/mol. The van der Waals surface area contributed by atoms with E-state index in [1.165, 1.54) is 6.42 Å². The summed E-state index contributed by atoms with van der Waals surface area (Å²) in [6.45, 7) is 1.63. The molecule has 2 amide bonds. The molecule has 1 aliphatic heterocycles. The van der Waals surface area contributed by atoms with Gasteiger partial charge in [0, 0.05) is 31.0 Å². The first-order chi connectivity index (χ1) is 10.2. The third-order valence-electron chi connectivity index (χ3n) is 4.79. The summed E-state index contributed by atoms with van der Waals surface area (Å²) >= 11 is 0. The van der Waals surface area contributed by atoms with Gasteiger partial charge in [-0.2, -0.15) is 0 Å². The molecule has 0 aromatic heterocycles. The van der Waals surface area contributed by atoms with Crippen molar-refractivity contribution in [1.82, 2.24) is 5.32 Å². The molecule has 0 radical (unpaired) electrons. The van der Waals surface area contributed by atoms with E-state index < -0.39 is 0 Å². The fraction of sp³-hybridized carbons (Fsp3) is 0.562. The molecule has 1 atom stereocenters. The van der Waals surface area contributed by atoms with Gasteiger partial charge in [0.05, 0.1) is 7.11 Å². The van der Waals surface area contributed by atoms with E-state index >= 15 is 0 Å². The Labute approximate surface area is 125 Å². The van der Waals surface area contributed by atoms with Gasteiger partial charge in [0.25, 0.3) is 0 Å². The van der Waals surface area contributed by atoms with Crippen LogP contribution in [0.2, 0.25) is 0 Å². The summed E-state index contributed by atoms with van der Waals surface area (Å²) in [6.07, 6.45) is 4.36. The molecule has 5 heteroatoms. The molecule has 1 unspecified atom stereocenters. The van der Waals surface area contributed by atoms with Crippen LogP contribution in [0, 0.1) is 5.41 Å². The molecule has 1 saturated heterocycles. The maximum atomic E-state index is 12.1. The van der Waals surface area contributed by atoms with Gasteiger partial charge >= 0.3 is 6.03 Å². The minimum Gasteiger partial charge on any atom is -0.497 e. The Morgan fingerprint density at radius 1 is 1.33 bits per heavy atom. The third kappa shape index (κ3) is 2.97. The first-order valence-corrected chi connectivity index (χ1v) is 7.51. The van der Waals surface area contributed by atoms with Gasteiger partial charge in [0.1, 0.15) is 5.75 Å². The molecule has 1 aromatic carbocycles. The lowest BCUT2D eigenvalue weighted by atomic mass is 9.60. The van der Waals surface area contributed by atoms with Crippen molar-refractivity contribution in [2.24, 2.45) is 5.41 Å². The summed E-state index contributed by atoms with van der Waals surface area (Å²) < 4.78 is 10.6. The maximum absolute atomic E-state index is 12.1. The number of urea groups is 1. The third-order valence-corrected chi connectivity index (χ3v) is 4.79. The van der Waals surface area contributed by atoms with Crippen molar-refractivity contribution in [3.63, 3.8) is 0 Å². The van der Waals surface area contributed by atoms with Crippen molar-refractivity contribution < 1.29 is 14.3 Å². The topological polar surface area (TPSA) is 59.6 Å². The molecule has 2 aliphatic rings. The zero-order valence-corrected chi connectivity index (χ0v) is 12.4. The maximum Gasteiger partial charge on any atom is 0.319 e. The molecule has 2 fully saturated rings. The highest BCUT2D eigenvalue weighted by molar-refractivity contribution is 5.89.